The van der Waals surface area contributed by atoms with Crippen LogP contribution in [0, 0.1) is 0 Å². The predicted octanol–water partition coefficient (Wildman–Crippen LogP) is 5.93. The molecule has 0 heterocycles. The number of hydrogen-bond donors (Lipinski definition) is 0. The third-order valence-corrected chi connectivity index (χ3v) is 5.89. The van der Waals surface area contributed by atoms with Gasteiger partial charge < -0.3 is 0 Å². The van der Waals surface area contributed by atoms with Gasteiger partial charge in [0, 0.05) is 5.56 Å². The topological polar surface area (TPSA) is 17.1 Å². The number of ketones is 1. The Labute approximate surface area is 141 Å². The van der Waals surface area contributed by atoms with Crippen molar-refractivity contribution in [2.75, 3.05) is 17.8 Å². The number of rotatable bonds is 7. The molecule has 1 aromatic rings. The van der Waals surface area contributed by atoms with Gasteiger partial charge >= 0.3 is 6.18 Å². The molecule has 0 bridgehead atoms. The van der Waals surface area contributed by atoms with Crippen LogP contribution in [0.4, 0.5) is 13.2 Å². The van der Waals surface area contributed by atoms with Crippen LogP contribution in [0.1, 0.15) is 29.8 Å². The molecule has 0 atom stereocenters. The van der Waals surface area contributed by atoms with E-state index in [2.05, 4.69) is 0 Å². The van der Waals surface area contributed by atoms with E-state index < -0.39 is 11.7 Å². The van der Waals surface area contributed by atoms with Crippen LogP contribution in [0.3, 0.4) is 0 Å². The van der Waals surface area contributed by atoms with Gasteiger partial charge in [0.2, 0.25) is 5.78 Å². The van der Waals surface area contributed by atoms with E-state index in [1.54, 1.807) is 23.5 Å². The van der Waals surface area contributed by atoms with Gasteiger partial charge in [-0.2, -0.15) is 13.2 Å². The molecule has 1 nitrogen and oxygen atoms in total. The van der Waals surface area contributed by atoms with E-state index in [1.807, 2.05) is 20.1 Å². The van der Waals surface area contributed by atoms with Gasteiger partial charge in [-0.3, -0.25) is 4.79 Å². The summed E-state index contributed by atoms with van der Waals surface area (Å²) in [5.41, 5.74) is -0.465. The van der Waals surface area contributed by atoms with E-state index in [-0.39, 0.29) is 11.3 Å². The molecule has 0 aliphatic heterocycles. The summed E-state index contributed by atoms with van der Waals surface area (Å²) < 4.78 is 38.6. The first-order valence-corrected chi connectivity index (χ1v) is 9.80. The van der Waals surface area contributed by atoms with Gasteiger partial charge in [-0.05, 0) is 29.9 Å². The summed E-state index contributed by atoms with van der Waals surface area (Å²) >= 11 is 4.51. The van der Waals surface area contributed by atoms with Crippen molar-refractivity contribution in [3.63, 3.8) is 0 Å². The summed E-state index contributed by atoms with van der Waals surface area (Å²) in [6.07, 6.45) is -2.58. The standard InChI is InChI=1S/C15H17F3OS3/c1-4-21-14(22-5-2)13(20-3)12(19)10-6-8-11(9-7-10)15(16,17)18/h6-9H,4-5H2,1-3H3. The van der Waals surface area contributed by atoms with Gasteiger partial charge in [0.05, 0.1) is 14.7 Å². The fourth-order valence-electron chi connectivity index (χ4n) is 1.65. The van der Waals surface area contributed by atoms with E-state index in [9.17, 15) is 18.0 Å². The van der Waals surface area contributed by atoms with E-state index in [0.717, 1.165) is 27.9 Å². The molecule has 0 radical (unpaired) electrons. The first kappa shape index (κ1) is 19.5. The summed E-state index contributed by atoms with van der Waals surface area (Å²) in [5.74, 6) is 1.46. The molecule has 1 rings (SSSR count). The normalized spacial score (nSPS) is 11.4. The van der Waals surface area contributed by atoms with Crippen LogP contribution in [0.15, 0.2) is 33.4 Å². The zero-order valence-electron chi connectivity index (χ0n) is 12.5. The molecule has 0 aliphatic carbocycles. The average Bonchev–Trinajstić information content (AvgIpc) is 2.47. The van der Waals surface area contributed by atoms with Crippen molar-refractivity contribution < 1.29 is 18.0 Å². The van der Waals surface area contributed by atoms with Crippen LogP contribution in [0.5, 0.6) is 0 Å². The van der Waals surface area contributed by atoms with Crippen LogP contribution in [0.25, 0.3) is 0 Å². The molecule has 122 valence electrons. The highest BCUT2D eigenvalue weighted by Gasteiger charge is 2.30. The SMILES string of the molecule is CCSC(SCC)=C(SC)C(=O)c1ccc(C(F)(F)F)cc1. The van der Waals surface area contributed by atoms with Gasteiger partial charge in [0.15, 0.2) is 0 Å². The molecule has 0 saturated heterocycles. The van der Waals surface area contributed by atoms with Crippen LogP contribution in [0.2, 0.25) is 0 Å². The molecule has 0 aromatic heterocycles. The van der Waals surface area contributed by atoms with E-state index in [0.29, 0.717) is 4.91 Å². The molecule has 22 heavy (non-hydrogen) atoms. The van der Waals surface area contributed by atoms with E-state index in [1.165, 1.54) is 23.9 Å². The lowest BCUT2D eigenvalue weighted by molar-refractivity contribution is -0.137. The number of halogens is 3. The highest BCUT2D eigenvalue weighted by atomic mass is 32.2. The van der Waals surface area contributed by atoms with Crippen LogP contribution < -0.4 is 0 Å². The van der Waals surface area contributed by atoms with Gasteiger partial charge in [-0.25, -0.2) is 0 Å². The lowest BCUT2D eigenvalue weighted by atomic mass is 10.1. The highest BCUT2D eigenvalue weighted by molar-refractivity contribution is 8.23. The number of benzene rings is 1. The maximum atomic E-state index is 12.6. The van der Waals surface area contributed by atoms with Crippen molar-refractivity contribution in [1.82, 2.24) is 0 Å². The van der Waals surface area contributed by atoms with E-state index >= 15 is 0 Å². The second-order valence-electron chi connectivity index (χ2n) is 4.09. The number of hydrogen-bond acceptors (Lipinski definition) is 4. The Morgan fingerprint density at radius 1 is 1.05 bits per heavy atom. The fourth-order valence-corrected chi connectivity index (χ4v) is 4.98. The Morgan fingerprint density at radius 2 is 1.55 bits per heavy atom. The number of thioether (sulfide) groups is 3. The van der Waals surface area contributed by atoms with Gasteiger partial charge in [0.25, 0.3) is 0 Å². The monoisotopic (exact) mass is 366 g/mol. The number of carbonyl (C=O) groups excluding carboxylic acids is 1. The summed E-state index contributed by atoms with van der Waals surface area (Å²) in [6.45, 7) is 4.00. The molecule has 7 heteroatoms. The fraction of sp³-hybridized carbons (Fsp3) is 0.400. The average molecular weight is 366 g/mol. The van der Waals surface area contributed by atoms with Crippen molar-refractivity contribution in [3.8, 4) is 0 Å². The number of alkyl halides is 3. The van der Waals surface area contributed by atoms with Crippen molar-refractivity contribution in [3.05, 3.63) is 44.5 Å². The Hall–Kier alpha value is -0.530. The van der Waals surface area contributed by atoms with Crippen LogP contribution >= 0.6 is 35.3 Å². The highest BCUT2D eigenvalue weighted by Crippen LogP contribution is 2.37. The predicted molar refractivity (Wildman–Crippen MR) is 92.6 cm³/mol. The maximum Gasteiger partial charge on any atom is 0.416 e. The van der Waals surface area contributed by atoms with Gasteiger partial charge in [0.1, 0.15) is 0 Å². The maximum absolute atomic E-state index is 12.6. The number of carbonyl (C=O) groups is 1. The molecule has 0 fully saturated rings. The molecule has 1 aromatic carbocycles. The molecule has 0 N–H and O–H groups in total. The van der Waals surface area contributed by atoms with Crippen LogP contribution in [-0.4, -0.2) is 23.5 Å². The summed E-state index contributed by atoms with van der Waals surface area (Å²) in [5, 5.41) is 0. The summed E-state index contributed by atoms with van der Waals surface area (Å²) in [7, 11) is 0. The van der Waals surface area contributed by atoms with Gasteiger partial charge in [-0.15, -0.1) is 35.3 Å². The molecular formula is C15H17F3OS3. The second kappa shape index (κ2) is 8.93. The van der Waals surface area contributed by atoms with Gasteiger partial charge in [-0.1, -0.05) is 26.0 Å². The first-order chi connectivity index (χ1) is 10.3. The first-order valence-electron chi connectivity index (χ1n) is 6.60. The Kier molecular flexibility index (Phi) is 7.93. The van der Waals surface area contributed by atoms with Crippen molar-refractivity contribution in [2.45, 2.75) is 20.0 Å². The lowest BCUT2D eigenvalue weighted by Crippen LogP contribution is -2.07. The third kappa shape index (κ3) is 5.28. The molecule has 0 spiro atoms. The second-order valence-corrected chi connectivity index (χ2v) is 7.71. The lowest BCUT2D eigenvalue weighted by Gasteiger charge is -2.12. The quantitative estimate of drug-likeness (QED) is 0.439. The molecular weight excluding hydrogens is 349 g/mol. The van der Waals surface area contributed by atoms with Crippen molar-refractivity contribution in [2.24, 2.45) is 0 Å². The smallest absolute Gasteiger partial charge is 0.288 e. The minimum atomic E-state index is -4.39. The summed E-state index contributed by atoms with van der Waals surface area (Å²) in [6, 6.07) is 4.38. The number of Topliss-reactive ketones (excluding diaryl/α,β-unsaturated/α-hetero) is 1. The number of allylic oxidation sites excluding steroid dienone is 1. The molecule has 0 aliphatic rings. The third-order valence-electron chi connectivity index (χ3n) is 2.62. The van der Waals surface area contributed by atoms with E-state index in [4.69, 9.17) is 0 Å². The zero-order chi connectivity index (χ0) is 16.8. The van der Waals surface area contributed by atoms with Crippen molar-refractivity contribution >= 4 is 41.1 Å². The minimum Gasteiger partial charge on any atom is -0.288 e. The largest absolute Gasteiger partial charge is 0.416 e. The molecule has 0 saturated carbocycles. The molecule has 0 unspecified atom stereocenters. The van der Waals surface area contributed by atoms with Crippen molar-refractivity contribution in [1.29, 1.82) is 0 Å². The molecule has 0 amide bonds. The Bertz CT molecular complexity index is 528. The zero-order valence-corrected chi connectivity index (χ0v) is 14.9. The Balaban J connectivity index is 3.13. The Morgan fingerprint density at radius 3 is 1.91 bits per heavy atom. The van der Waals surface area contributed by atoms with Crippen LogP contribution in [-0.2, 0) is 6.18 Å². The summed E-state index contributed by atoms with van der Waals surface area (Å²) in [4.78, 5) is 13.1. The minimum absolute atomic E-state index is 0.224.